The molecule has 2 N–H and O–H groups in total. The second kappa shape index (κ2) is 7.87. The smallest absolute Gasteiger partial charge is 0.191 e. The number of nitrogens with zero attached hydrogens (tertiary/aromatic N) is 2. The first-order valence-electron chi connectivity index (χ1n) is 9.31. The van der Waals surface area contributed by atoms with Crippen molar-refractivity contribution in [3.05, 3.63) is 22.4 Å². The lowest BCUT2D eigenvalue weighted by molar-refractivity contribution is 0.256. The van der Waals surface area contributed by atoms with Gasteiger partial charge in [0.2, 0.25) is 0 Å². The standard InChI is InChI=1S/C19H32N4S/c1-19(2,17-5-4-12-24-17)14-22-18(20-3)21-10-11-23(16-8-9-16)13-15-6-7-15/h4-5,12,15-16H,6-11,13-14H2,1-3H3,(H2,20,21,22). The zero-order valence-corrected chi connectivity index (χ0v) is 16.2. The Balaban J connectivity index is 1.39. The minimum atomic E-state index is 0.123. The number of aliphatic imine (C=N–C) groups is 1. The molecule has 24 heavy (non-hydrogen) atoms. The number of nitrogens with one attached hydrogen (secondary N) is 2. The summed E-state index contributed by atoms with van der Waals surface area (Å²) in [4.78, 5) is 8.48. The SMILES string of the molecule is CN=C(NCCN(CC1CC1)C1CC1)NCC(C)(C)c1cccs1. The fourth-order valence-corrected chi connectivity index (χ4v) is 3.94. The van der Waals surface area contributed by atoms with Crippen molar-refractivity contribution in [2.24, 2.45) is 10.9 Å². The van der Waals surface area contributed by atoms with E-state index < -0.39 is 0 Å². The minimum Gasteiger partial charge on any atom is -0.356 e. The Morgan fingerprint density at radius 1 is 1.29 bits per heavy atom. The van der Waals surface area contributed by atoms with Crippen LogP contribution in [0.4, 0.5) is 0 Å². The molecule has 4 nitrogen and oxygen atoms in total. The summed E-state index contributed by atoms with van der Waals surface area (Å²) in [6.45, 7) is 8.87. The van der Waals surface area contributed by atoms with Gasteiger partial charge in [-0.25, -0.2) is 0 Å². The van der Waals surface area contributed by atoms with Crippen molar-refractivity contribution in [1.29, 1.82) is 0 Å². The van der Waals surface area contributed by atoms with E-state index >= 15 is 0 Å². The third-order valence-corrected chi connectivity index (χ3v) is 6.29. The summed E-state index contributed by atoms with van der Waals surface area (Å²) in [6.07, 6.45) is 5.68. The molecule has 2 saturated carbocycles. The van der Waals surface area contributed by atoms with E-state index in [0.29, 0.717) is 0 Å². The summed E-state index contributed by atoms with van der Waals surface area (Å²) in [6, 6.07) is 5.20. The number of thiophene rings is 1. The largest absolute Gasteiger partial charge is 0.356 e. The summed E-state index contributed by atoms with van der Waals surface area (Å²) in [5.41, 5.74) is 0.123. The molecule has 1 heterocycles. The molecule has 0 unspecified atom stereocenters. The summed E-state index contributed by atoms with van der Waals surface area (Å²) in [7, 11) is 1.86. The van der Waals surface area contributed by atoms with Gasteiger partial charge in [0.05, 0.1) is 0 Å². The van der Waals surface area contributed by atoms with Gasteiger partial charge >= 0.3 is 0 Å². The topological polar surface area (TPSA) is 39.7 Å². The molecule has 0 spiro atoms. The fraction of sp³-hybridized carbons (Fsp3) is 0.737. The van der Waals surface area contributed by atoms with Gasteiger partial charge in [-0.2, -0.15) is 0 Å². The highest BCUT2D eigenvalue weighted by molar-refractivity contribution is 7.10. The first-order valence-corrected chi connectivity index (χ1v) is 10.2. The van der Waals surface area contributed by atoms with E-state index in [1.807, 2.05) is 18.4 Å². The second-order valence-corrected chi connectivity index (χ2v) is 8.83. The average molecular weight is 349 g/mol. The number of hydrogen-bond donors (Lipinski definition) is 2. The third-order valence-electron chi connectivity index (χ3n) is 5.05. The van der Waals surface area contributed by atoms with E-state index in [-0.39, 0.29) is 5.41 Å². The zero-order chi connectivity index (χ0) is 17.0. The van der Waals surface area contributed by atoms with Crippen LogP contribution >= 0.6 is 11.3 Å². The van der Waals surface area contributed by atoms with Gasteiger partial charge in [0.25, 0.3) is 0 Å². The van der Waals surface area contributed by atoms with Crippen molar-refractivity contribution in [1.82, 2.24) is 15.5 Å². The van der Waals surface area contributed by atoms with Crippen LogP contribution in [0.2, 0.25) is 0 Å². The number of rotatable bonds is 9. The maximum atomic E-state index is 4.38. The highest BCUT2D eigenvalue weighted by Gasteiger charge is 2.33. The average Bonchev–Trinajstić information content (AvgIpc) is 3.49. The van der Waals surface area contributed by atoms with Crippen molar-refractivity contribution < 1.29 is 0 Å². The molecule has 3 rings (SSSR count). The van der Waals surface area contributed by atoms with Gasteiger partial charge in [0.1, 0.15) is 0 Å². The maximum Gasteiger partial charge on any atom is 0.191 e. The van der Waals surface area contributed by atoms with Crippen molar-refractivity contribution in [3.8, 4) is 0 Å². The summed E-state index contributed by atoms with van der Waals surface area (Å²) in [5, 5.41) is 9.14. The molecule has 0 radical (unpaired) electrons. The highest BCUT2D eigenvalue weighted by atomic mass is 32.1. The van der Waals surface area contributed by atoms with Crippen LogP contribution in [0.1, 0.15) is 44.4 Å². The lowest BCUT2D eigenvalue weighted by Gasteiger charge is -2.26. The van der Waals surface area contributed by atoms with Crippen LogP contribution in [-0.2, 0) is 5.41 Å². The Morgan fingerprint density at radius 3 is 2.67 bits per heavy atom. The Morgan fingerprint density at radius 2 is 2.08 bits per heavy atom. The van der Waals surface area contributed by atoms with Crippen LogP contribution in [-0.4, -0.2) is 50.1 Å². The van der Waals surface area contributed by atoms with Gasteiger partial charge < -0.3 is 10.6 Å². The molecule has 2 aliphatic rings. The molecule has 0 aliphatic heterocycles. The number of hydrogen-bond acceptors (Lipinski definition) is 3. The lowest BCUT2D eigenvalue weighted by atomic mass is 9.91. The van der Waals surface area contributed by atoms with Crippen LogP contribution in [0.25, 0.3) is 0 Å². The lowest BCUT2D eigenvalue weighted by Crippen LogP contribution is -2.45. The first kappa shape index (κ1) is 17.7. The van der Waals surface area contributed by atoms with Gasteiger partial charge in [0, 0.05) is 49.6 Å². The molecule has 5 heteroatoms. The highest BCUT2D eigenvalue weighted by Crippen LogP contribution is 2.34. The molecule has 134 valence electrons. The quantitative estimate of drug-likeness (QED) is 0.532. The zero-order valence-electron chi connectivity index (χ0n) is 15.3. The molecule has 2 fully saturated rings. The van der Waals surface area contributed by atoms with Gasteiger partial charge in [-0.1, -0.05) is 19.9 Å². The van der Waals surface area contributed by atoms with Gasteiger partial charge in [-0.3, -0.25) is 9.89 Å². The van der Waals surface area contributed by atoms with Crippen molar-refractivity contribution in [2.45, 2.75) is 51.0 Å². The number of guanidine groups is 1. The fourth-order valence-electron chi connectivity index (χ4n) is 3.09. The second-order valence-electron chi connectivity index (χ2n) is 7.88. The van der Waals surface area contributed by atoms with E-state index in [1.165, 1.54) is 37.1 Å². The molecule has 2 aliphatic carbocycles. The van der Waals surface area contributed by atoms with Crippen LogP contribution in [0.3, 0.4) is 0 Å². The molecule has 0 atom stereocenters. The molecule has 1 aromatic rings. The van der Waals surface area contributed by atoms with Gasteiger partial charge in [0.15, 0.2) is 5.96 Å². The Kier molecular flexibility index (Phi) is 5.82. The molecule has 0 bridgehead atoms. The normalized spacial score (nSPS) is 18.9. The minimum absolute atomic E-state index is 0.123. The van der Waals surface area contributed by atoms with Gasteiger partial charge in [-0.05, 0) is 43.0 Å². The maximum absolute atomic E-state index is 4.38. The van der Waals surface area contributed by atoms with Gasteiger partial charge in [-0.15, -0.1) is 11.3 Å². The van der Waals surface area contributed by atoms with Crippen molar-refractivity contribution >= 4 is 17.3 Å². The van der Waals surface area contributed by atoms with Crippen molar-refractivity contribution in [3.63, 3.8) is 0 Å². The Labute approximate surface area is 150 Å². The molecule has 0 saturated heterocycles. The van der Waals surface area contributed by atoms with E-state index in [2.05, 4.69) is 51.9 Å². The monoisotopic (exact) mass is 348 g/mol. The predicted molar refractivity (Wildman–Crippen MR) is 104 cm³/mol. The Bertz CT molecular complexity index is 530. The Hall–Kier alpha value is -1.07. The molecular formula is C19H32N4S. The van der Waals surface area contributed by atoms with E-state index in [0.717, 1.165) is 37.6 Å². The summed E-state index contributed by atoms with van der Waals surface area (Å²) in [5.74, 6) is 1.90. The molecule has 0 amide bonds. The summed E-state index contributed by atoms with van der Waals surface area (Å²) >= 11 is 1.83. The molecular weight excluding hydrogens is 316 g/mol. The summed E-state index contributed by atoms with van der Waals surface area (Å²) < 4.78 is 0. The van der Waals surface area contributed by atoms with Crippen LogP contribution in [0, 0.1) is 5.92 Å². The molecule has 1 aromatic heterocycles. The van der Waals surface area contributed by atoms with Crippen LogP contribution in [0.15, 0.2) is 22.5 Å². The predicted octanol–water partition coefficient (Wildman–Crippen LogP) is 3.07. The van der Waals surface area contributed by atoms with Crippen LogP contribution in [0.5, 0.6) is 0 Å². The van der Waals surface area contributed by atoms with Crippen LogP contribution < -0.4 is 10.6 Å². The third kappa shape index (κ3) is 5.21. The molecule has 0 aromatic carbocycles. The van der Waals surface area contributed by atoms with E-state index in [4.69, 9.17) is 0 Å². The van der Waals surface area contributed by atoms with E-state index in [1.54, 1.807) is 0 Å². The van der Waals surface area contributed by atoms with Crippen molar-refractivity contribution in [2.75, 3.05) is 33.2 Å². The first-order chi connectivity index (χ1) is 11.6. The van der Waals surface area contributed by atoms with E-state index in [9.17, 15) is 0 Å².